The largest absolute Gasteiger partial charge is 0.369 e. The van der Waals surface area contributed by atoms with Crippen molar-refractivity contribution < 1.29 is 4.79 Å². The van der Waals surface area contributed by atoms with E-state index in [9.17, 15) is 4.79 Å². The van der Waals surface area contributed by atoms with Gasteiger partial charge in [-0.15, -0.1) is 10.2 Å². The van der Waals surface area contributed by atoms with Crippen LogP contribution in [0.15, 0.2) is 59.8 Å². The van der Waals surface area contributed by atoms with Gasteiger partial charge in [-0.2, -0.15) is 0 Å². The van der Waals surface area contributed by atoms with Gasteiger partial charge in [-0.25, -0.2) is 0 Å². The fourth-order valence-electron chi connectivity index (χ4n) is 3.82. The molecule has 1 fully saturated rings. The molecule has 1 saturated heterocycles. The van der Waals surface area contributed by atoms with Gasteiger partial charge in [0.25, 0.3) is 0 Å². The zero-order valence-corrected chi connectivity index (χ0v) is 19.5. The topological polar surface area (TPSA) is 66.3 Å². The Labute approximate surface area is 193 Å². The van der Waals surface area contributed by atoms with Gasteiger partial charge in [0.05, 0.1) is 12.3 Å². The fourth-order valence-corrected chi connectivity index (χ4v) is 4.60. The van der Waals surface area contributed by atoms with Crippen molar-refractivity contribution in [2.45, 2.75) is 25.5 Å². The summed E-state index contributed by atoms with van der Waals surface area (Å²) >= 11 is 1.41. The third-order valence-electron chi connectivity index (χ3n) is 5.75. The Hall–Kier alpha value is -2.84. The van der Waals surface area contributed by atoms with E-state index in [4.69, 9.17) is 0 Å². The second-order valence-corrected chi connectivity index (χ2v) is 8.85. The lowest BCUT2D eigenvalue weighted by atomic mass is 10.2. The molecule has 7 nitrogen and oxygen atoms in total. The fraction of sp³-hybridized carbons (Fsp3) is 0.375. The zero-order chi connectivity index (χ0) is 22.3. The van der Waals surface area contributed by atoms with Crippen LogP contribution < -0.4 is 10.2 Å². The van der Waals surface area contributed by atoms with Crippen molar-refractivity contribution in [1.29, 1.82) is 0 Å². The smallest absolute Gasteiger partial charge is 0.234 e. The van der Waals surface area contributed by atoms with Gasteiger partial charge in [-0.05, 0) is 43.3 Å². The molecular weight excluding hydrogens is 420 g/mol. The minimum absolute atomic E-state index is 0.0498. The summed E-state index contributed by atoms with van der Waals surface area (Å²) in [7, 11) is 0. The van der Waals surface area contributed by atoms with E-state index in [2.05, 4.69) is 56.5 Å². The standard InChI is InChI=1S/C24H30N6OS/c1-3-28-13-15-29(16-14-28)22-11-9-21(10-12-22)25-23(31)18-32-24-27-26-19(2)30(24)17-20-7-5-4-6-8-20/h4-12H,3,13-18H2,1-2H3,(H,25,31). The number of piperazine rings is 1. The average molecular weight is 451 g/mol. The van der Waals surface area contributed by atoms with Gasteiger partial charge >= 0.3 is 0 Å². The SMILES string of the molecule is CCN1CCN(c2ccc(NC(=O)CSc3nnc(C)n3Cc3ccccc3)cc2)CC1. The van der Waals surface area contributed by atoms with E-state index in [1.165, 1.54) is 23.0 Å². The lowest BCUT2D eigenvalue weighted by molar-refractivity contribution is -0.113. The molecule has 32 heavy (non-hydrogen) atoms. The van der Waals surface area contributed by atoms with E-state index in [1.807, 2.05) is 41.8 Å². The first-order valence-corrected chi connectivity index (χ1v) is 12.0. The number of nitrogens with one attached hydrogen (secondary N) is 1. The molecular formula is C24H30N6OS. The molecule has 0 bridgehead atoms. The Morgan fingerprint density at radius 1 is 1.00 bits per heavy atom. The van der Waals surface area contributed by atoms with E-state index in [0.717, 1.165) is 49.4 Å². The highest BCUT2D eigenvalue weighted by molar-refractivity contribution is 7.99. The summed E-state index contributed by atoms with van der Waals surface area (Å²) < 4.78 is 2.04. The number of likely N-dealkylation sites (N-methyl/N-ethyl adjacent to an activating group) is 1. The van der Waals surface area contributed by atoms with Crippen molar-refractivity contribution in [1.82, 2.24) is 19.7 Å². The Morgan fingerprint density at radius 3 is 2.41 bits per heavy atom. The number of aryl methyl sites for hydroxylation is 1. The summed E-state index contributed by atoms with van der Waals surface area (Å²) in [6.07, 6.45) is 0. The van der Waals surface area contributed by atoms with Gasteiger partial charge in [0.2, 0.25) is 5.91 Å². The molecule has 0 radical (unpaired) electrons. The number of amides is 1. The minimum atomic E-state index is -0.0498. The molecule has 1 aliphatic rings. The van der Waals surface area contributed by atoms with E-state index >= 15 is 0 Å². The summed E-state index contributed by atoms with van der Waals surface area (Å²) in [5, 5.41) is 12.2. The van der Waals surface area contributed by atoms with Crippen LogP contribution in [-0.2, 0) is 11.3 Å². The number of anilines is 2. The third kappa shape index (κ3) is 5.69. The molecule has 2 aromatic carbocycles. The lowest BCUT2D eigenvalue weighted by Gasteiger charge is -2.35. The molecule has 8 heteroatoms. The highest BCUT2D eigenvalue weighted by Crippen LogP contribution is 2.21. The van der Waals surface area contributed by atoms with Crippen LogP contribution in [-0.4, -0.2) is 64.0 Å². The molecule has 2 heterocycles. The molecule has 0 unspecified atom stereocenters. The molecule has 4 rings (SSSR count). The Kier molecular flexibility index (Phi) is 7.44. The molecule has 1 aromatic heterocycles. The van der Waals surface area contributed by atoms with E-state index in [1.54, 1.807) is 0 Å². The van der Waals surface area contributed by atoms with Crippen LogP contribution in [0.3, 0.4) is 0 Å². The molecule has 0 spiro atoms. The molecule has 1 N–H and O–H groups in total. The second-order valence-electron chi connectivity index (χ2n) is 7.91. The van der Waals surface area contributed by atoms with Crippen LogP contribution in [0, 0.1) is 6.92 Å². The van der Waals surface area contributed by atoms with Gasteiger partial charge < -0.3 is 19.7 Å². The van der Waals surface area contributed by atoms with Crippen LogP contribution in [0.25, 0.3) is 0 Å². The summed E-state index contributed by atoms with van der Waals surface area (Å²) in [4.78, 5) is 17.4. The van der Waals surface area contributed by atoms with Crippen molar-refractivity contribution in [2.75, 3.05) is 48.7 Å². The van der Waals surface area contributed by atoms with Crippen LogP contribution in [0.4, 0.5) is 11.4 Å². The zero-order valence-electron chi connectivity index (χ0n) is 18.7. The average Bonchev–Trinajstić information content (AvgIpc) is 3.18. The van der Waals surface area contributed by atoms with Gasteiger partial charge in [-0.1, -0.05) is 49.0 Å². The maximum absolute atomic E-state index is 12.5. The summed E-state index contributed by atoms with van der Waals surface area (Å²) in [6.45, 7) is 10.2. The summed E-state index contributed by atoms with van der Waals surface area (Å²) in [5.41, 5.74) is 3.20. The van der Waals surface area contributed by atoms with E-state index in [-0.39, 0.29) is 11.7 Å². The van der Waals surface area contributed by atoms with Gasteiger partial charge in [0.1, 0.15) is 5.82 Å². The Balaban J connectivity index is 1.29. The molecule has 0 atom stereocenters. The molecule has 1 amide bonds. The summed E-state index contributed by atoms with van der Waals surface area (Å²) in [5.74, 6) is 1.08. The van der Waals surface area contributed by atoms with Crippen LogP contribution >= 0.6 is 11.8 Å². The quantitative estimate of drug-likeness (QED) is 0.530. The van der Waals surface area contributed by atoms with Crippen molar-refractivity contribution in [3.63, 3.8) is 0 Å². The lowest BCUT2D eigenvalue weighted by Crippen LogP contribution is -2.46. The molecule has 3 aromatic rings. The van der Waals surface area contributed by atoms with Gasteiger partial charge in [0, 0.05) is 37.6 Å². The Morgan fingerprint density at radius 2 is 1.72 bits per heavy atom. The molecule has 0 aliphatic carbocycles. The number of hydrogen-bond acceptors (Lipinski definition) is 6. The molecule has 168 valence electrons. The first kappa shape index (κ1) is 22.4. The maximum atomic E-state index is 12.5. The first-order chi connectivity index (χ1) is 15.6. The number of carbonyl (C=O) groups is 1. The second kappa shape index (κ2) is 10.7. The highest BCUT2D eigenvalue weighted by Gasteiger charge is 2.16. The first-order valence-electron chi connectivity index (χ1n) is 11.1. The third-order valence-corrected chi connectivity index (χ3v) is 6.72. The van der Waals surface area contributed by atoms with Crippen LogP contribution in [0.5, 0.6) is 0 Å². The number of nitrogens with zero attached hydrogens (tertiary/aromatic N) is 5. The Bertz CT molecular complexity index is 1010. The number of carbonyl (C=O) groups excluding carboxylic acids is 1. The van der Waals surface area contributed by atoms with Crippen molar-refractivity contribution in [3.05, 3.63) is 66.0 Å². The molecule has 1 aliphatic heterocycles. The molecule has 0 saturated carbocycles. The van der Waals surface area contributed by atoms with Crippen molar-refractivity contribution in [3.8, 4) is 0 Å². The maximum Gasteiger partial charge on any atom is 0.234 e. The number of thioether (sulfide) groups is 1. The number of benzene rings is 2. The van der Waals surface area contributed by atoms with E-state index in [0.29, 0.717) is 6.54 Å². The number of rotatable bonds is 8. The van der Waals surface area contributed by atoms with Crippen LogP contribution in [0.1, 0.15) is 18.3 Å². The highest BCUT2D eigenvalue weighted by atomic mass is 32.2. The number of hydrogen-bond donors (Lipinski definition) is 1. The minimum Gasteiger partial charge on any atom is -0.369 e. The monoisotopic (exact) mass is 450 g/mol. The van der Waals surface area contributed by atoms with E-state index < -0.39 is 0 Å². The van der Waals surface area contributed by atoms with Crippen LogP contribution in [0.2, 0.25) is 0 Å². The van der Waals surface area contributed by atoms with Crippen molar-refractivity contribution >= 4 is 29.0 Å². The van der Waals surface area contributed by atoms with Gasteiger partial charge in [0.15, 0.2) is 5.16 Å². The van der Waals surface area contributed by atoms with Gasteiger partial charge in [-0.3, -0.25) is 4.79 Å². The predicted octanol–water partition coefficient (Wildman–Crippen LogP) is 3.51. The predicted molar refractivity (Wildman–Crippen MR) is 130 cm³/mol. The van der Waals surface area contributed by atoms with Crippen molar-refractivity contribution in [2.24, 2.45) is 0 Å². The number of aromatic nitrogens is 3. The normalized spacial score (nSPS) is 14.5. The summed E-state index contributed by atoms with van der Waals surface area (Å²) in [6, 6.07) is 18.3.